The van der Waals surface area contributed by atoms with Crippen molar-refractivity contribution < 1.29 is 19.8 Å². The predicted molar refractivity (Wildman–Crippen MR) is 93.6 cm³/mol. The molecule has 0 aliphatic carbocycles. The lowest BCUT2D eigenvalue weighted by atomic mass is 9.97. The zero-order chi connectivity index (χ0) is 18.4. The van der Waals surface area contributed by atoms with E-state index in [-0.39, 0.29) is 6.54 Å². The Balaban J connectivity index is 2.04. The molecule has 1 aliphatic heterocycles. The molecule has 1 aromatic carbocycles. The topological polar surface area (TPSA) is 102 Å². The van der Waals surface area contributed by atoms with Gasteiger partial charge >= 0.3 is 0 Å². The maximum Gasteiger partial charge on any atom is 0.249 e. The van der Waals surface area contributed by atoms with Crippen LogP contribution in [0.2, 0.25) is 0 Å². The van der Waals surface area contributed by atoms with Crippen LogP contribution in [-0.2, 0) is 16.1 Å². The molecule has 1 saturated heterocycles. The monoisotopic (exact) mass is 349 g/mol. The van der Waals surface area contributed by atoms with Gasteiger partial charge < -0.3 is 20.8 Å². The van der Waals surface area contributed by atoms with Crippen LogP contribution in [0, 0.1) is 0 Å². The second kappa shape index (κ2) is 8.42. The van der Waals surface area contributed by atoms with Crippen molar-refractivity contribution in [2.75, 3.05) is 19.6 Å². The van der Waals surface area contributed by atoms with Crippen molar-refractivity contribution >= 4 is 11.8 Å². The predicted octanol–water partition coefficient (Wildman–Crippen LogP) is -0.375. The molecule has 0 radical (unpaired) electrons. The Bertz CT molecular complexity index is 591. The normalized spacial score (nSPS) is 23.0. The lowest BCUT2D eigenvalue weighted by molar-refractivity contribution is -0.132. The van der Waals surface area contributed by atoms with Gasteiger partial charge in [0.25, 0.3) is 0 Å². The fourth-order valence-electron chi connectivity index (χ4n) is 3.00. The Labute approximate surface area is 148 Å². The molecule has 0 saturated carbocycles. The molecule has 25 heavy (non-hydrogen) atoms. The highest BCUT2D eigenvalue weighted by Gasteiger charge is 2.40. The molecule has 1 fully saturated rings. The highest BCUT2D eigenvalue weighted by molar-refractivity contribution is 5.82. The van der Waals surface area contributed by atoms with Crippen molar-refractivity contribution in [3.05, 3.63) is 35.9 Å². The first-order valence-electron chi connectivity index (χ1n) is 8.53. The summed E-state index contributed by atoms with van der Waals surface area (Å²) in [6, 6.07) is 10.0. The minimum atomic E-state index is -1.12. The zero-order valence-electron chi connectivity index (χ0n) is 14.7. The Morgan fingerprint density at radius 1 is 1.16 bits per heavy atom. The summed E-state index contributed by atoms with van der Waals surface area (Å²) in [7, 11) is 0. The van der Waals surface area contributed by atoms with Gasteiger partial charge in [-0.25, -0.2) is 0 Å². The van der Waals surface area contributed by atoms with E-state index in [0.717, 1.165) is 13.1 Å². The average Bonchev–Trinajstić information content (AvgIpc) is 2.96. The van der Waals surface area contributed by atoms with E-state index in [1.807, 2.05) is 30.3 Å². The number of carbonyl (C=O) groups excluding carboxylic acids is 2. The summed E-state index contributed by atoms with van der Waals surface area (Å²) >= 11 is 0. The van der Waals surface area contributed by atoms with Crippen LogP contribution < -0.4 is 10.6 Å². The van der Waals surface area contributed by atoms with E-state index in [4.69, 9.17) is 0 Å². The smallest absolute Gasteiger partial charge is 0.249 e. The minimum Gasteiger partial charge on any atom is -0.384 e. The molecule has 0 aromatic heterocycles. The number of aliphatic hydroxyl groups is 2. The third kappa shape index (κ3) is 5.52. The van der Waals surface area contributed by atoms with Gasteiger partial charge in [0.2, 0.25) is 11.8 Å². The average molecular weight is 349 g/mol. The fourth-order valence-corrected chi connectivity index (χ4v) is 3.00. The van der Waals surface area contributed by atoms with Gasteiger partial charge in [-0.15, -0.1) is 0 Å². The lowest BCUT2D eigenvalue weighted by Gasteiger charge is -2.32. The molecule has 1 aliphatic rings. The standard InChI is InChI=1S/C18H27N3O4/c1-13(22)16(24)19-11-18(20-17(25)14(2)23)8-9-21(12-18)10-15-6-4-3-5-7-15/h3-7,13-14,22-23H,8-12H2,1-2H3,(H,19,24)(H,20,25)/t13-,14+,18+/m0/s1. The first-order valence-corrected chi connectivity index (χ1v) is 8.53. The van der Waals surface area contributed by atoms with Crippen LogP contribution in [0.3, 0.4) is 0 Å². The van der Waals surface area contributed by atoms with E-state index in [1.54, 1.807) is 0 Å². The Hall–Kier alpha value is -1.96. The van der Waals surface area contributed by atoms with E-state index < -0.39 is 29.6 Å². The molecule has 1 heterocycles. The van der Waals surface area contributed by atoms with Gasteiger partial charge in [0.05, 0.1) is 5.54 Å². The molecule has 4 N–H and O–H groups in total. The Kier molecular flexibility index (Phi) is 6.52. The van der Waals surface area contributed by atoms with Gasteiger partial charge in [-0.2, -0.15) is 0 Å². The molecule has 2 rings (SSSR count). The molecule has 0 spiro atoms. The molecule has 0 unspecified atom stereocenters. The largest absolute Gasteiger partial charge is 0.384 e. The van der Waals surface area contributed by atoms with Crippen LogP contribution in [0.1, 0.15) is 25.8 Å². The van der Waals surface area contributed by atoms with Gasteiger partial charge in [-0.3, -0.25) is 14.5 Å². The summed E-state index contributed by atoms with van der Waals surface area (Å²) in [6.07, 6.45) is -1.57. The molecule has 0 bridgehead atoms. The number of rotatable bonds is 7. The minimum absolute atomic E-state index is 0.209. The number of hydrogen-bond acceptors (Lipinski definition) is 5. The molecule has 3 atom stereocenters. The summed E-state index contributed by atoms with van der Waals surface area (Å²) in [5, 5.41) is 24.4. The van der Waals surface area contributed by atoms with Crippen LogP contribution in [0.25, 0.3) is 0 Å². The maximum atomic E-state index is 12.0. The third-order valence-corrected chi connectivity index (χ3v) is 4.43. The lowest BCUT2D eigenvalue weighted by Crippen LogP contribution is -2.59. The quantitative estimate of drug-likeness (QED) is 0.538. The van der Waals surface area contributed by atoms with Crippen molar-refractivity contribution in [3.8, 4) is 0 Å². The second-order valence-corrected chi connectivity index (χ2v) is 6.79. The van der Waals surface area contributed by atoms with Crippen molar-refractivity contribution in [2.24, 2.45) is 0 Å². The summed E-state index contributed by atoms with van der Waals surface area (Å²) in [4.78, 5) is 25.9. The summed E-state index contributed by atoms with van der Waals surface area (Å²) < 4.78 is 0. The van der Waals surface area contributed by atoms with Gasteiger partial charge in [0, 0.05) is 26.2 Å². The van der Waals surface area contributed by atoms with Crippen molar-refractivity contribution in [1.82, 2.24) is 15.5 Å². The molecule has 138 valence electrons. The number of nitrogens with one attached hydrogen (secondary N) is 2. The maximum absolute atomic E-state index is 12.0. The first-order chi connectivity index (χ1) is 11.8. The highest BCUT2D eigenvalue weighted by Crippen LogP contribution is 2.23. The first kappa shape index (κ1) is 19.4. The third-order valence-electron chi connectivity index (χ3n) is 4.43. The van der Waals surface area contributed by atoms with Crippen LogP contribution in [0.15, 0.2) is 30.3 Å². The Morgan fingerprint density at radius 2 is 1.80 bits per heavy atom. The van der Waals surface area contributed by atoms with Gasteiger partial charge in [-0.05, 0) is 25.8 Å². The molecule has 1 aromatic rings. The number of aliphatic hydroxyl groups excluding tert-OH is 2. The van der Waals surface area contributed by atoms with Gasteiger partial charge in [-0.1, -0.05) is 30.3 Å². The second-order valence-electron chi connectivity index (χ2n) is 6.79. The Morgan fingerprint density at radius 3 is 2.40 bits per heavy atom. The summed E-state index contributed by atoms with van der Waals surface area (Å²) in [5.41, 5.74) is 0.515. The van der Waals surface area contributed by atoms with Crippen LogP contribution in [-0.4, -0.2) is 64.3 Å². The highest BCUT2D eigenvalue weighted by atomic mass is 16.3. The molecule has 2 amide bonds. The van der Waals surface area contributed by atoms with E-state index in [0.29, 0.717) is 13.0 Å². The van der Waals surface area contributed by atoms with Gasteiger partial charge in [0.15, 0.2) is 0 Å². The van der Waals surface area contributed by atoms with Crippen LogP contribution in [0.4, 0.5) is 0 Å². The number of likely N-dealkylation sites (tertiary alicyclic amines) is 1. The summed E-state index contributed by atoms with van der Waals surface area (Å²) in [6.45, 7) is 5.08. The number of amides is 2. The van der Waals surface area contributed by atoms with Crippen LogP contribution in [0.5, 0.6) is 0 Å². The van der Waals surface area contributed by atoms with Crippen LogP contribution >= 0.6 is 0 Å². The molecule has 7 nitrogen and oxygen atoms in total. The van der Waals surface area contributed by atoms with Crippen molar-refractivity contribution in [3.63, 3.8) is 0 Å². The van der Waals surface area contributed by atoms with E-state index in [2.05, 4.69) is 15.5 Å². The van der Waals surface area contributed by atoms with Crippen molar-refractivity contribution in [1.29, 1.82) is 0 Å². The number of hydrogen-bond donors (Lipinski definition) is 4. The van der Waals surface area contributed by atoms with Crippen molar-refractivity contribution in [2.45, 2.75) is 44.6 Å². The van der Waals surface area contributed by atoms with E-state index in [9.17, 15) is 19.8 Å². The zero-order valence-corrected chi connectivity index (χ0v) is 14.7. The van der Waals surface area contributed by atoms with E-state index >= 15 is 0 Å². The van der Waals surface area contributed by atoms with E-state index in [1.165, 1.54) is 19.4 Å². The van der Waals surface area contributed by atoms with Gasteiger partial charge in [0.1, 0.15) is 12.2 Å². The number of nitrogens with zero attached hydrogens (tertiary/aromatic N) is 1. The fraction of sp³-hybridized carbons (Fsp3) is 0.556. The molecular weight excluding hydrogens is 322 g/mol. The number of benzene rings is 1. The molecule has 7 heteroatoms. The molecular formula is C18H27N3O4. The number of carbonyl (C=O) groups is 2. The summed E-state index contributed by atoms with van der Waals surface area (Å²) in [5.74, 6) is -0.944. The SMILES string of the molecule is C[C@H](O)C(=O)NC[C@]1(NC(=O)[C@@H](C)O)CCN(Cc2ccccc2)C1.